The quantitative estimate of drug-likeness (QED) is 0.768. The predicted molar refractivity (Wildman–Crippen MR) is 86.3 cm³/mol. The fourth-order valence-corrected chi connectivity index (χ4v) is 2.43. The number of amides is 1. The maximum absolute atomic E-state index is 13.2. The average molecular weight is 322 g/mol. The number of hydrogen-bond donors (Lipinski definition) is 2. The molecule has 1 aliphatic rings. The van der Waals surface area contributed by atoms with Crippen molar-refractivity contribution in [2.45, 2.75) is 13.0 Å². The van der Waals surface area contributed by atoms with Crippen molar-refractivity contribution in [3.8, 4) is 0 Å². The lowest BCUT2D eigenvalue weighted by Gasteiger charge is -2.28. The predicted octanol–water partition coefficient (Wildman–Crippen LogP) is 1.04. The molecule has 2 N–H and O–H groups in total. The minimum absolute atomic E-state index is 0.184. The first-order chi connectivity index (χ1) is 11.0. The van der Waals surface area contributed by atoms with Gasteiger partial charge in [0, 0.05) is 32.3 Å². The second kappa shape index (κ2) is 8.76. The molecule has 0 aromatic heterocycles. The van der Waals surface area contributed by atoms with Crippen molar-refractivity contribution < 1.29 is 19.0 Å². The summed E-state index contributed by atoms with van der Waals surface area (Å²) in [7, 11) is 0. The van der Waals surface area contributed by atoms with Gasteiger partial charge in [-0.15, -0.1) is 0 Å². The Balaban J connectivity index is 1.78. The molecule has 126 valence electrons. The number of benzene rings is 1. The van der Waals surface area contributed by atoms with Crippen LogP contribution in [0.5, 0.6) is 0 Å². The summed E-state index contributed by atoms with van der Waals surface area (Å²) in [5.41, 5.74) is 1.33. The Bertz CT molecular complexity index is 557. The number of carbonyl (C=O) groups is 1. The molecule has 1 saturated heterocycles. The Morgan fingerprint density at radius 2 is 2.22 bits per heavy atom. The van der Waals surface area contributed by atoms with Gasteiger partial charge in [0.2, 0.25) is 5.91 Å². The van der Waals surface area contributed by atoms with Gasteiger partial charge in [-0.05, 0) is 30.2 Å². The number of β-amino-alcohol motifs (C(OH)–C–C–N with tert-alkyl or cyclic N) is 1. The van der Waals surface area contributed by atoms with E-state index in [4.69, 9.17) is 4.74 Å². The number of rotatable bonds is 6. The van der Waals surface area contributed by atoms with E-state index in [2.05, 4.69) is 10.2 Å². The molecular weight excluding hydrogens is 299 g/mol. The zero-order valence-electron chi connectivity index (χ0n) is 13.3. The molecule has 0 radical (unpaired) electrons. The molecule has 1 fully saturated rings. The second-order valence-corrected chi connectivity index (χ2v) is 5.65. The van der Waals surface area contributed by atoms with Crippen LogP contribution in [0.2, 0.25) is 0 Å². The number of nitrogens with one attached hydrogen (secondary N) is 1. The summed E-state index contributed by atoms with van der Waals surface area (Å²) < 4.78 is 18.4. The van der Waals surface area contributed by atoms with E-state index in [0.717, 1.165) is 13.1 Å². The molecule has 0 spiro atoms. The third kappa shape index (κ3) is 6.09. The van der Waals surface area contributed by atoms with E-state index < -0.39 is 6.10 Å². The van der Waals surface area contributed by atoms with Crippen molar-refractivity contribution in [1.29, 1.82) is 0 Å². The first kappa shape index (κ1) is 17.6. The lowest BCUT2D eigenvalue weighted by Crippen LogP contribution is -2.44. The molecule has 1 aliphatic heterocycles. The number of nitrogens with zero attached hydrogens (tertiary/aromatic N) is 1. The van der Waals surface area contributed by atoms with Crippen molar-refractivity contribution >= 4 is 11.5 Å². The Morgan fingerprint density at radius 3 is 2.91 bits per heavy atom. The maximum atomic E-state index is 13.2. The Kier molecular flexibility index (Phi) is 6.70. The van der Waals surface area contributed by atoms with Gasteiger partial charge in [-0.2, -0.15) is 0 Å². The zero-order chi connectivity index (χ0) is 16.7. The van der Waals surface area contributed by atoms with Crippen LogP contribution in [0.4, 0.5) is 4.39 Å². The topological polar surface area (TPSA) is 61.8 Å². The van der Waals surface area contributed by atoms with Crippen molar-refractivity contribution in [1.82, 2.24) is 10.2 Å². The number of morpholine rings is 1. The summed E-state index contributed by atoms with van der Waals surface area (Å²) in [6.07, 6.45) is 0.788. The van der Waals surface area contributed by atoms with E-state index in [1.54, 1.807) is 19.1 Å². The second-order valence-electron chi connectivity index (χ2n) is 5.65. The van der Waals surface area contributed by atoms with Crippen molar-refractivity contribution in [3.63, 3.8) is 0 Å². The van der Waals surface area contributed by atoms with Crippen LogP contribution < -0.4 is 5.32 Å². The minimum atomic E-state index is -0.625. The molecule has 1 atom stereocenters. The fraction of sp³-hybridized carbons (Fsp3) is 0.471. The normalized spacial score (nSPS) is 17.8. The number of aliphatic hydroxyl groups is 1. The Morgan fingerprint density at radius 1 is 1.48 bits per heavy atom. The van der Waals surface area contributed by atoms with Crippen LogP contribution in [0.25, 0.3) is 5.57 Å². The van der Waals surface area contributed by atoms with Gasteiger partial charge in [0.25, 0.3) is 0 Å². The highest BCUT2D eigenvalue weighted by atomic mass is 19.1. The number of carbonyl (C=O) groups excluding carboxylic acids is 1. The van der Waals surface area contributed by atoms with Crippen LogP contribution in [0.15, 0.2) is 30.3 Å². The average Bonchev–Trinajstić information content (AvgIpc) is 2.54. The highest BCUT2D eigenvalue weighted by Crippen LogP contribution is 2.14. The first-order valence-electron chi connectivity index (χ1n) is 7.75. The standard InChI is InChI=1S/C17H23FN2O3/c1-13(14-3-2-4-15(18)10-14)9-17(22)19-11-16(21)12-20-5-7-23-8-6-20/h2-4,9-10,16,21H,5-8,11-12H2,1H3,(H,19,22)/b13-9-. The maximum Gasteiger partial charge on any atom is 0.244 e. The number of allylic oxidation sites excluding steroid dienone is 1. The van der Waals surface area contributed by atoms with E-state index in [1.165, 1.54) is 18.2 Å². The van der Waals surface area contributed by atoms with Crippen LogP contribution >= 0.6 is 0 Å². The number of halogens is 1. The van der Waals surface area contributed by atoms with Crippen molar-refractivity contribution in [2.24, 2.45) is 0 Å². The van der Waals surface area contributed by atoms with Gasteiger partial charge >= 0.3 is 0 Å². The summed E-state index contributed by atoms with van der Waals surface area (Å²) in [6.45, 7) is 5.38. The molecular formula is C17H23FN2O3. The van der Waals surface area contributed by atoms with E-state index in [-0.39, 0.29) is 18.3 Å². The third-order valence-corrected chi connectivity index (χ3v) is 3.71. The van der Waals surface area contributed by atoms with Crippen LogP contribution in [-0.2, 0) is 9.53 Å². The molecule has 1 amide bonds. The number of ether oxygens (including phenoxy) is 1. The summed E-state index contributed by atoms with van der Waals surface area (Å²) in [4.78, 5) is 14.0. The molecule has 1 heterocycles. The highest BCUT2D eigenvalue weighted by Gasteiger charge is 2.15. The molecule has 2 rings (SSSR count). The van der Waals surface area contributed by atoms with Gasteiger partial charge in [0.1, 0.15) is 5.82 Å². The SMILES string of the molecule is C/C(=C/C(=O)NCC(O)CN1CCOCC1)c1cccc(F)c1. The minimum Gasteiger partial charge on any atom is -0.390 e. The number of hydrogen-bond acceptors (Lipinski definition) is 4. The van der Waals surface area contributed by atoms with E-state index in [0.29, 0.717) is 30.9 Å². The summed E-state index contributed by atoms with van der Waals surface area (Å²) in [5.74, 6) is -0.635. The van der Waals surface area contributed by atoms with Gasteiger partial charge in [-0.1, -0.05) is 12.1 Å². The van der Waals surface area contributed by atoms with Gasteiger partial charge < -0.3 is 15.2 Å². The molecule has 1 unspecified atom stereocenters. The fourth-order valence-electron chi connectivity index (χ4n) is 2.43. The molecule has 1 aromatic carbocycles. The lowest BCUT2D eigenvalue weighted by molar-refractivity contribution is -0.117. The number of aliphatic hydroxyl groups excluding tert-OH is 1. The molecule has 0 saturated carbocycles. The lowest BCUT2D eigenvalue weighted by atomic mass is 10.1. The van der Waals surface area contributed by atoms with E-state index >= 15 is 0 Å². The van der Waals surface area contributed by atoms with Gasteiger partial charge in [-0.25, -0.2) is 4.39 Å². The van der Waals surface area contributed by atoms with Crippen molar-refractivity contribution in [2.75, 3.05) is 39.4 Å². The molecule has 6 heteroatoms. The molecule has 0 bridgehead atoms. The molecule has 5 nitrogen and oxygen atoms in total. The van der Waals surface area contributed by atoms with E-state index in [1.807, 2.05) is 0 Å². The molecule has 1 aromatic rings. The third-order valence-electron chi connectivity index (χ3n) is 3.71. The highest BCUT2D eigenvalue weighted by molar-refractivity contribution is 5.94. The molecule has 23 heavy (non-hydrogen) atoms. The first-order valence-corrected chi connectivity index (χ1v) is 7.75. The van der Waals surface area contributed by atoms with Gasteiger partial charge in [-0.3, -0.25) is 9.69 Å². The van der Waals surface area contributed by atoms with Crippen LogP contribution in [-0.4, -0.2) is 61.4 Å². The van der Waals surface area contributed by atoms with Crippen molar-refractivity contribution in [3.05, 3.63) is 41.7 Å². The smallest absolute Gasteiger partial charge is 0.244 e. The van der Waals surface area contributed by atoms with Crippen LogP contribution in [0, 0.1) is 5.82 Å². The van der Waals surface area contributed by atoms with Crippen LogP contribution in [0.3, 0.4) is 0 Å². The van der Waals surface area contributed by atoms with Gasteiger partial charge in [0.05, 0.1) is 19.3 Å². The summed E-state index contributed by atoms with van der Waals surface area (Å²) in [6, 6.07) is 6.09. The largest absolute Gasteiger partial charge is 0.390 e. The Labute approximate surface area is 135 Å². The van der Waals surface area contributed by atoms with E-state index in [9.17, 15) is 14.3 Å². The summed E-state index contributed by atoms with van der Waals surface area (Å²) >= 11 is 0. The Hall–Kier alpha value is -1.76. The zero-order valence-corrected chi connectivity index (χ0v) is 13.3. The molecule has 0 aliphatic carbocycles. The van der Waals surface area contributed by atoms with Crippen LogP contribution in [0.1, 0.15) is 12.5 Å². The monoisotopic (exact) mass is 322 g/mol. The van der Waals surface area contributed by atoms with Gasteiger partial charge in [0.15, 0.2) is 0 Å². The summed E-state index contributed by atoms with van der Waals surface area (Å²) in [5, 5.41) is 12.6.